The van der Waals surface area contributed by atoms with Crippen LogP contribution in [-0.4, -0.2) is 42.7 Å². The van der Waals surface area contributed by atoms with E-state index < -0.39 is 0 Å². The Morgan fingerprint density at radius 2 is 2.03 bits per heavy atom. The molecule has 1 saturated heterocycles. The van der Waals surface area contributed by atoms with E-state index >= 15 is 0 Å². The second-order valence-corrected chi connectivity index (χ2v) is 8.45. The van der Waals surface area contributed by atoms with Crippen LogP contribution in [0.5, 0.6) is 0 Å². The van der Waals surface area contributed by atoms with Crippen molar-refractivity contribution in [3.05, 3.63) is 36.0 Å². The van der Waals surface area contributed by atoms with Crippen molar-refractivity contribution in [3.63, 3.8) is 0 Å². The van der Waals surface area contributed by atoms with E-state index in [1.54, 1.807) is 0 Å². The average molecular weight is 414 g/mol. The molecule has 1 aromatic heterocycles. The normalized spacial score (nSPS) is 15.8. The van der Waals surface area contributed by atoms with E-state index in [1.807, 2.05) is 6.92 Å². The molecule has 1 aliphatic rings. The number of aryl methyl sites for hydroxylation is 2. The van der Waals surface area contributed by atoms with E-state index in [0.717, 1.165) is 25.6 Å². The number of nitrogens with one attached hydrogen (secondary N) is 2. The lowest BCUT2D eigenvalue weighted by Gasteiger charge is -2.22. The van der Waals surface area contributed by atoms with Gasteiger partial charge in [0.2, 0.25) is 5.91 Å². The number of esters is 1. The standard InChI is InChI=1S/C24H35N3O3/c1-18(16-24(29)30-2)26-23(28)10-9-20-17-27(22-8-4-3-7-21(20)22)15-5-6-19-11-13-25-14-12-19/h3-4,7-8,17-19,25H,5-6,9-16H2,1-2H3,(H,26,28). The maximum absolute atomic E-state index is 12.3. The SMILES string of the molecule is COC(=O)CC(C)NC(=O)CCc1cn(CCCC2CCNCC2)c2ccccc12. The number of amides is 1. The number of aromatic nitrogens is 1. The topological polar surface area (TPSA) is 72.4 Å². The lowest BCUT2D eigenvalue weighted by Crippen LogP contribution is -2.34. The lowest BCUT2D eigenvalue weighted by atomic mass is 9.93. The molecule has 0 bridgehead atoms. The molecule has 6 nitrogen and oxygen atoms in total. The van der Waals surface area contributed by atoms with Crippen molar-refractivity contribution >= 4 is 22.8 Å². The Labute approximate surface area is 179 Å². The van der Waals surface area contributed by atoms with Gasteiger partial charge in [-0.15, -0.1) is 0 Å². The molecule has 3 rings (SSSR count). The number of ether oxygens (including phenoxy) is 1. The van der Waals surface area contributed by atoms with Crippen molar-refractivity contribution in [2.24, 2.45) is 5.92 Å². The third-order valence-corrected chi connectivity index (χ3v) is 6.07. The second-order valence-electron chi connectivity index (χ2n) is 8.45. The zero-order valence-electron chi connectivity index (χ0n) is 18.3. The smallest absolute Gasteiger partial charge is 0.307 e. The first-order valence-electron chi connectivity index (χ1n) is 11.2. The first-order chi connectivity index (χ1) is 14.6. The summed E-state index contributed by atoms with van der Waals surface area (Å²) in [5.74, 6) is 0.507. The molecule has 0 radical (unpaired) electrons. The number of rotatable bonds is 10. The van der Waals surface area contributed by atoms with Crippen LogP contribution < -0.4 is 10.6 Å². The Kier molecular flexibility index (Phi) is 8.31. The zero-order valence-corrected chi connectivity index (χ0v) is 18.3. The number of piperidine rings is 1. The molecule has 2 heterocycles. The number of fused-ring (bicyclic) bond motifs is 1. The molecule has 2 N–H and O–H groups in total. The number of hydrogen-bond donors (Lipinski definition) is 2. The number of carbonyl (C=O) groups excluding carboxylic acids is 2. The van der Waals surface area contributed by atoms with Crippen LogP contribution in [0.4, 0.5) is 0 Å². The van der Waals surface area contributed by atoms with Crippen LogP contribution >= 0.6 is 0 Å². The summed E-state index contributed by atoms with van der Waals surface area (Å²) in [4.78, 5) is 23.7. The fourth-order valence-corrected chi connectivity index (χ4v) is 4.41. The molecule has 1 aliphatic heterocycles. The Hall–Kier alpha value is -2.34. The summed E-state index contributed by atoms with van der Waals surface area (Å²) in [6.45, 7) is 5.15. The summed E-state index contributed by atoms with van der Waals surface area (Å²) in [6, 6.07) is 8.23. The predicted molar refractivity (Wildman–Crippen MR) is 119 cm³/mol. The highest BCUT2D eigenvalue weighted by atomic mass is 16.5. The fraction of sp³-hybridized carbons (Fsp3) is 0.583. The summed E-state index contributed by atoms with van der Waals surface area (Å²) in [5, 5.41) is 7.56. The lowest BCUT2D eigenvalue weighted by molar-refractivity contribution is -0.141. The third-order valence-electron chi connectivity index (χ3n) is 6.07. The van der Waals surface area contributed by atoms with Gasteiger partial charge in [0.05, 0.1) is 13.5 Å². The number of carbonyl (C=O) groups is 2. The van der Waals surface area contributed by atoms with Crippen molar-refractivity contribution in [2.75, 3.05) is 20.2 Å². The van der Waals surface area contributed by atoms with E-state index in [-0.39, 0.29) is 24.3 Å². The number of para-hydroxylation sites is 1. The van der Waals surface area contributed by atoms with Crippen LogP contribution in [0.2, 0.25) is 0 Å². The summed E-state index contributed by atoms with van der Waals surface area (Å²) < 4.78 is 7.01. The summed E-state index contributed by atoms with van der Waals surface area (Å²) in [6.07, 6.45) is 8.57. The van der Waals surface area contributed by atoms with Crippen molar-refractivity contribution in [1.29, 1.82) is 0 Å². The van der Waals surface area contributed by atoms with Gasteiger partial charge in [0.15, 0.2) is 0 Å². The molecule has 30 heavy (non-hydrogen) atoms. The van der Waals surface area contributed by atoms with Gasteiger partial charge in [-0.05, 0) is 69.7 Å². The molecule has 1 unspecified atom stereocenters. The highest BCUT2D eigenvalue weighted by Gasteiger charge is 2.15. The minimum atomic E-state index is -0.310. The zero-order chi connectivity index (χ0) is 21.3. The highest BCUT2D eigenvalue weighted by Crippen LogP contribution is 2.24. The Morgan fingerprint density at radius 3 is 2.80 bits per heavy atom. The van der Waals surface area contributed by atoms with Gasteiger partial charge in [-0.1, -0.05) is 18.2 Å². The van der Waals surface area contributed by atoms with Gasteiger partial charge in [-0.2, -0.15) is 0 Å². The second kappa shape index (κ2) is 11.2. The minimum Gasteiger partial charge on any atom is -0.469 e. The van der Waals surface area contributed by atoms with Crippen molar-refractivity contribution in [2.45, 2.75) is 64.5 Å². The number of hydrogen-bond acceptors (Lipinski definition) is 4. The Balaban J connectivity index is 1.55. The fourth-order valence-electron chi connectivity index (χ4n) is 4.41. The highest BCUT2D eigenvalue weighted by molar-refractivity contribution is 5.85. The minimum absolute atomic E-state index is 0.0332. The molecule has 164 valence electrons. The van der Waals surface area contributed by atoms with E-state index in [4.69, 9.17) is 0 Å². The summed E-state index contributed by atoms with van der Waals surface area (Å²) in [7, 11) is 1.36. The van der Waals surface area contributed by atoms with Gasteiger partial charge in [-0.25, -0.2) is 0 Å². The van der Waals surface area contributed by atoms with Gasteiger partial charge in [0.25, 0.3) is 0 Å². The molecule has 1 amide bonds. The number of nitrogens with zero attached hydrogens (tertiary/aromatic N) is 1. The van der Waals surface area contributed by atoms with Crippen LogP contribution in [0.15, 0.2) is 30.5 Å². The first-order valence-corrected chi connectivity index (χ1v) is 11.2. The molecular weight excluding hydrogens is 378 g/mol. The van der Waals surface area contributed by atoms with E-state index in [1.165, 1.54) is 49.3 Å². The first kappa shape index (κ1) is 22.3. The molecular formula is C24H35N3O3. The van der Waals surface area contributed by atoms with Gasteiger partial charge < -0.3 is 19.9 Å². The summed E-state index contributed by atoms with van der Waals surface area (Å²) in [5.41, 5.74) is 2.46. The van der Waals surface area contributed by atoms with Crippen molar-refractivity contribution in [3.8, 4) is 0 Å². The maximum atomic E-state index is 12.3. The monoisotopic (exact) mass is 413 g/mol. The average Bonchev–Trinajstić information content (AvgIpc) is 3.10. The van der Waals surface area contributed by atoms with Gasteiger partial charge in [0, 0.05) is 36.1 Å². The Morgan fingerprint density at radius 1 is 1.27 bits per heavy atom. The molecule has 6 heteroatoms. The molecule has 2 aromatic rings. The van der Waals surface area contributed by atoms with E-state index in [2.05, 4.69) is 50.4 Å². The third kappa shape index (κ3) is 6.33. The van der Waals surface area contributed by atoms with E-state index in [9.17, 15) is 9.59 Å². The van der Waals surface area contributed by atoms with Crippen LogP contribution in [0, 0.1) is 5.92 Å². The summed E-state index contributed by atoms with van der Waals surface area (Å²) >= 11 is 0. The van der Waals surface area contributed by atoms with Crippen molar-refractivity contribution < 1.29 is 14.3 Å². The molecule has 0 saturated carbocycles. The van der Waals surface area contributed by atoms with Gasteiger partial charge >= 0.3 is 5.97 Å². The quantitative estimate of drug-likeness (QED) is 0.586. The predicted octanol–water partition coefficient (Wildman–Crippen LogP) is 3.42. The Bertz CT molecular complexity index is 839. The van der Waals surface area contributed by atoms with Crippen LogP contribution in [0.1, 0.15) is 51.0 Å². The molecule has 1 atom stereocenters. The van der Waals surface area contributed by atoms with Crippen LogP contribution in [-0.2, 0) is 27.3 Å². The maximum Gasteiger partial charge on any atom is 0.307 e. The van der Waals surface area contributed by atoms with Gasteiger partial charge in [0.1, 0.15) is 0 Å². The van der Waals surface area contributed by atoms with Gasteiger partial charge in [-0.3, -0.25) is 9.59 Å². The number of benzene rings is 1. The molecule has 0 aliphatic carbocycles. The van der Waals surface area contributed by atoms with Crippen LogP contribution in [0.25, 0.3) is 10.9 Å². The van der Waals surface area contributed by atoms with Crippen molar-refractivity contribution in [1.82, 2.24) is 15.2 Å². The largest absolute Gasteiger partial charge is 0.469 e. The van der Waals surface area contributed by atoms with Crippen LogP contribution in [0.3, 0.4) is 0 Å². The molecule has 1 fully saturated rings. The molecule has 1 aromatic carbocycles. The van der Waals surface area contributed by atoms with E-state index in [0.29, 0.717) is 12.8 Å². The molecule has 0 spiro atoms. The number of methoxy groups -OCH3 is 1.